The molecule has 1 unspecified atom stereocenters. The predicted octanol–water partition coefficient (Wildman–Crippen LogP) is 2.51. The van der Waals surface area contributed by atoms with Crippen LogP contribution in [-0.4, -0.2) is 0 Å². The Kier molecular flexibility index (Phi) is 3.49. The third-order valence-electron chi connectivity index (χ3n) is 2.96. The summed E-state index contributed by atoms with van der Waals surface area (Å²) in [6, 6.07) is 6.22. The number of hydrogen-bond donors (Lipinski definition) is 0. The smallest absolute Gasteiger partial charge is 0.159 e. The Morgan fingerprint density at radius 1 is 0.929 bits per heavy atom. The molecule has 0 spiro atoms. The van der Waals surface area contributed by atoms with Gasteiger partial charge in [-0.2, -0.15) is 15.8 Å². The van der Waals surface area contributed by atoms with Crippen LogP contribution >= 0.6 is 0 Å². The first-order valence-electron chi connectivity index (χ1n) is 5.01. The highest BCUT2D eigenvalue weighted by Gasteiger charge is 2.39. The van der Waals surface area contributed by atoms with E-state index < -0.39 is 11.3 Å². The highest BCUT2D eigenvalue weighted by molar-refractivity contribution is 5.20. The first kappa shape index (κ1) is 10.6. The Balaban J connectivity index is 2.91. The lowest BCUT2D eigenvalue weighted by atomic mass is 9.71. The quantitative estimate of drug-likeness (QED) is 0.585. The lowest BCUT2D eigenvalue weighted by Crippen LogP contribution is -2.27. The minimum absolute atomic E-state index is 0.405. The summed E-state index contributed by atoms with van der Waals surface area (Å²) in [5.74, 6) is -0.405. The molecule has 0 heterocycles. The Bertz CT molecular complexity index is 299. The topological polar surface area (TPSA) is 71.4 Å². The highest BCUT2D eigenvalue weighted by Crippen LogP contribution is 2.37. The zero-order chi connectivity index (χ0) is 10.4. The minimum atomic E-state index is -1.05. The van der Waals surface area contributed by atoms with E-state index in [0.29, 0.717) is 12.8 Å². The second kappa shape index (κ2) is 4.64. The van der Waals surface area contributed by atoms with Crippen LogP contribution in [-0.2, 0) is 0 Å². The van der Waals surface area contributed by atoms with E-state index in [1.807, 2.05) is 0 Å². The van der Waals surface area contributed by atoms with Crippen molar-refractivity contribution in [3.63, 3.8) is 0 Å². The van der Waals surface area contributed by atoms with Crippen molar-refractivity contribution in [2.24, 2.45) is 11.3 Å². The van der Waals surface area contributed by atoms with Crippen molar-refractivity contribution in [1.29, 1.82) is 15.8 Å². The molecule has 0 bridgehead atoms. The van der Waals surface area contributed by atoms with Gasteiger partial charge in [-0.25, -0.2) is 0 Å². The van der Waals surface area contributed by atoms with Crippen molar-refractivity contribution in [2.45, 2.75) is 38.5 Å². The van der Waals surface area contributed by atoms with Gasteiger partial charge in [0.05, 0.1) is 24.1 Å². The number of nitriles is 3. The van der Waals surface area contributed by atoms with Crippen molar-refractivity contribution in [1.82, 2.24) is 0 Å². The maximum atomic E-state index is 9.04. The zero-order valence-electron chi connectivity index (χ0n) is 8.16. The lowest BCUT2D eigenvalue weighted by molar-refractivity contribution is 0.300. The summed E-state index contributed by atoms with van der Waals surface area (Å²) in [6.07, 6.45) is 5.28. The molecule has 3 nitrogen and oxygen atoms in total. The molecule has 1 fully saturated rings. The van der Waals surface area contributed by atoms with Gasteiger partial charge in [0.15, 0.2) is 5.41 Å². The van der Waals surface area contributed by atoms with Gasteiger partial charge in [-0.15, -0.1) is 0 Å². The summed E-state index contributed by atoms with van der Waals surface area (Å²) in [5.41, 5.74) is -1.05. The molecule has 1 atom stereocenters. The van der Waals surface area contributed by atoms with E-state index >= 15 is 0 Å². The molecule has 0 saturated heterocycles. The van der Waals surface area contributed by atoms with Gasteiger partial charge in [0.1, 0.15) is 0 Å². The molecule has 1 aliphatic carbocycles. The summed E-state index contributed by atoms with van der Waals surface area (Å²) in [4.78, 5) is 0. The summed E-state index contributed by atoms with van der Waals surface area (Å²) in [5, 5.41) is 27.0. The normalized spacial score (nSPS) is 25.9. The van der Waals surface area contributed by atoms with Gasteiger partial charge >= 0.3 is 0 Å². The third-order valence-corrected chi connectivity index (χ3v) is 2.96. The minimum Gasteiger partial charge on any atom is -0.198 e. The van der Waals surface area contributed by atoms with E-state index in [-0.39, 0.29) is 0 Å². The lowest BCUT2D eigenvalue weighted by Gasteiger charge is -2.25. The van der Waals surface area contributed by atoms with E-state index in [1.54, 1.807) is 0 Å². The van der Waals surface area contributed by atoms with Crippen LogP contribution in [0.15, 0.2) is 0 Å². The molecule has 0 N–H and O–H groups in total. The van der Waals surface area contributed by atoms with Gasteiger partial charge < -0.3 is 0 Å². The van der Waals surface area contributed by atoms with Crippen LogP contribution in [0.5, 0.6) is 0 Å². The Hall–Kier alpha value is -1.53. The van der Waals surface area contributed by atoms with Gasteiger partial charge in [0.2, 0.25) is 0 Å². The molecule has 1 rings (SSSR count). The van der Waals surface area contributed by atoms with Crippen LogP contribution in [0.1, 0.15) is 38.5 Å². The molecule has 14 heavy (non-hydrogen) atoms. The van der Waals surface area contributed by atoms with Crippen LogP contribution in [0.25, 0.3) is 0 Å². The molecule has 3 heteroatoms. The molecule has 0 aromatic rings. The van der Waals surface area contributed by atoms with Gasteiger partial charge in [-0.3, -0.25) is 0 Å². The van der Waals surface area contributed by atoms with Gasteiger partial charge in [-0.1, -0.05) is 25.7 Å². The van der Waals surface area contributed by atoms with Crippen LogP contribution in [0.3, 0.4) is 0 Å². The Labute approximate surface area is 84.6 Å². The second-order valence-electron chi connectivity index (χ2n) is 3.83. The van der Waals surface area contributed by atoms with E-state index in [2.05, 4.69) is 18.2 Å². The number of hydrogen-bond acceptors (Lipinski definition) is 3. The standard InChI is InChI=1S/C11H13N3/c12-7-10-5-3-1-2-4-6-11(10,8-13)9-14/h10H,1-6H2. The molecular formula is C11H13N3. The fourth-order valence-corrected chi connectivity index (χ4v) is 1.99. The molecule has 72 valence electrons. The molecule has 0 amide bonds. The molecule has 0 aromatic heterocycles. The predicted molar refractivity (Wildman–Crippen MR) is 50.5 cm³/mol. The van der Waals surface area contributed by atoms with Crippen LogP contribution in [0.2, 0.25) is 0 Å². The van der Waals surface area contributed by atoms with Gasteiger partial charge in [-0.05, 0) is 12.8 Å². The molecule has 0 aliphatic heterocycles. The van der Waals surface area contributed by atoms with Crippen LogP contribution in [0.4, 0.5) is 0 Å². The Morgan fingerprint density at radius 2 is 1.57 bits per heavy atom. The first-order valence-corrected chi connectivity index (χ1v) is 5.01. The highest BCUT2D eigenvalue weighted by atomic mass is 14.5. The molecule has 1 aliphatic rings. The van der Waals surface area contributed by atoms with E-state index in [0.717, 1.165) is 25.7 Å². The van der Waals surface area contributed by atoms with Crippen LogP contribution < -0.4 is 0 Å². The average Bonchev–Trinajstić information content (AvgIpc) is 2.19. The van der Waals surface area contributed by atoms with Crippen LogP contribution in [0, 0.1) is 45.3 Å². The fraction of sp³-hybridized carbons (Fsp3) is 0.727. The Morgan fingerprint density at radius 3 is 2.14 bits per heavy atom. The fourth-order valence-electron chi connectivity index (χ4n) is 1.99. The largest absolute Gasteiger partial charge is 0.198 e. The van der Waals surface area contributed by atoms with Crippen molar-refractivity contribution in [3.05, 3.63) is 0 Å². The molecular weight excluding hydrogens is 174 g/mol. The zero-order valence-corrected chi connectivity index (χ0v) is 8.16. The van der Waals surface area contributed by atoms with Gasteiger partial charge in [0, 0.05) is 0 Å². The van der Waals surface area contributed by atoms with Gasteiger partial charge in [0.25, 0.3) is 0 Å². The number of nitrogens with zero attached hydrogens (tertiary/aromatic N) is 3. The van der Waals surface area contributed by atoms with Crippen molar-refractivity contribution in [3.8, 4) is 18.2 Å². The molecule has 0 aromatic carbocycles. The van der Waals surface area contributed by atoms with Crippen molar-refractivity contribution >= 4 is 0 Å². The average molecular weight is 187 g/mol. The maximum Gasteiger partial charge on any atom is 0.159 e. The molecule has 0 radical (unpaired) electrons. The second-order valence-corrected chi connectivity index (χ2v) is 3.83. The van der Waals surface area contributed by atoms with E-state index in [1.165, 1.54) is 0 Å². The third kappa shape index (κ3) is 1.86. The van der Waals surface area contributed by atoms with E-state index in [9.17, 15) is 0 Å². The number of rotatable bonds is 0. The summed E-state index contributed by atoms with van der Waals surface area (Å²) in [6.45, 7) is 0. The summed E-state index contributed by atoms with van der Waals surface area (Å²) in [7, 11) is 0. The summed E-state index contributed by atoms with van der Waals surface area (Å²) < 4.78 is 0. The molecule has 1 saturated carbocycles. The maximum absolute atomic E-state index is 9.04. The SMILES string of the molecule is N#CC1CCCCCCC1(C#N)C#N. The first-order chi connectivity index (χ1) is 6.79. The monoisotopic (exact) mass is 187 g/mol. The summed E-state index contributed by atoms with van der Waals surface area (Å²) >= 11 is 0. The van der Waals surface area contributed by atoms with Crippen molar-refractivity contribution < 1.29 is 0 Å². The van der Waals surface area contributed by atoms with E-state index in [4.69, 9.17) is 15.8 Å². The van der Waals surface area contributed by atoms with Crippen molar-refractivity contribution in [2.75, 3.05) is 0 Å².